The summed E-state index contributed by atoms with van der Waals surface area (Å²) in [6, 6.07) is 0. The van der Waals surface area contributed by atoms with Gasteiger partial charge in [0, 0.05) is 13.6 Å². The van der Waals surface area contributed by atoms with Gasteiger partial charge in [0.25, 0.3) is 0 Å². The van der Waals surface area contributed by atoms with E-state index in [1.165, 1.54) is 24.8 Å². The van der Waals surface area contributed by atoms with Crippen molar-refractivity contribution in [3.8, 4) is 0 Å². The van der Waals surface area contributed by atoms with Gasteiger partial charge in [0.15, 0.2) is 0 Å². The molecule has 0 amide bonds. The smallest absolute Gasteiger partial charge is 0.0165 e. The molecule has 0 atom stereocenters. The Morgan fingerprint density at radius 2 is 2.62 bits per heavy atom. The zero-order valence-electron chi connectivity index (χ0n) is 5.11. The summed E-state index contributed by atoms with van der Waals surface area (Å²) in [6.07, 6.45) is 6.20. The van der Waals surface area contributed by atoms with Crippen LogP contribution in [-0.2, 0) is 0 Å². The van der Waals surface area contributed by atoms with E-state index in [0.717, 1.165) is 6.54 Å². The Hall–Kier alpha value is -0.300. The van der Waals surface area contributed by atoms with Crippen LogP contribution in [0.25, 0.3) is 0 Å². The van der Waals surface area contributed by atoms with E-state index >= 15 is 0 Å². The number of hydrogen-bond donors (Lipinski definition) is 1. The highest BCUT2D eigenvalue weighted by atomic mass is 14.8. The minimum atomic E-state index is 0.986. The molecule has 0 heterocycles. The van der Waals surface area contributed by atoms with E-state index < -0.39 is 0 Å². The fourth-order valence-electron chi connectivity index (χ4n) is 1.06. The average Bonchev–Trinajstić information content (AvgIpc) is 2.19. The first kappa shape index (κ1) is 5.83. The first-order chi connectivity index (χ1) is 3.93. The highest BCUT2D eigenvalue weighted by molar-refractivity contribution is 5.08. The van der Waals surface area contributed by atoms with E-state index in [4.69, 9.17) is 0 Å². The lowest BCUT2D eigenvalue weighted by atomic mass is 10.2. The van der Waals surface area contributed by atoms with Crippen molar-refractivity contribution in [2.24, 2.45) is 0 Å². The Labute approximate surface area is 50.8 Å². The van der Waals surface area contributed by atoms with Crippen LogP contribution in [0.4, 0.5) is 0 Å². The van der Waals surface area contributed by atoms with Crippen LogP contribution >= 0.6 is 0 Å². The van der Waals surface area contributed by atoms with Crippen molar-refractivity contribution in [2.75, 3.05) is 6.54 Å². The van der Waals surface area contributed by atoms with Crippen molar-refractivity contribution in [3.05, 3.63) is 18.7 Å². The first-order valence-corrected chi connectivity index (χ1v) is 3.11. The molecule has 0 unspecified atom stereocenters. The zero-order valence-corrected chi connectivity index (χ0v) is 5.11. The topological polar surface area (TPSA) is 12.0 Å². The van der Waals surface area contributed by atoms with Crippen LogP contribution in [0.15, 0.2) is 11.6 Å². The van der Waals surface area contributed by atoms with Crippen LogP contribution in [0.5, 0.6) is 0 Å². The molecular formula is C7H12N. The third-order valence-electron chi connectivity index (χ3n) is 1.49. The molecule has 8 heavy (non-hydrogen) atoms. The van der Waals surface area contributed by atoms with E-state index in [2.05, 4.69) is 18.4 Å². The molecule has 0 saturated heterocycles. The van der Waals surface area contributed by atoms with Gasteiger partial charge in [-0.1, -0.05) is 11.6 Å². The third kappa shape index (κ3) is 1.34. The summed E-state index contributed by atoms with van der Waals surface area (Å²) in [4.78, 5) is 0. The normalized spacial score (nSPS) is 18.9. The molecule has 0 bridgehead atoms. The summed E-state index contributed by atoms with van der Waals surface area (Å²) in [5.74, 6) is 0. The lowest BCUT2D eigenvalue weighted by Crippen LogP contribution is -2.05. The minimum Gasteiger partial charge on any atom is -0.312 e. The van der Waals surface area contributed by atoms with Crippen molar-refractivity contribution in [1.29, 1.82) is 0 Å². The van der Waals surface area contributed by atoms with Gasteiger partial charge in [-0.15, -0.1) is 0 Å². The summed E-state index contributed by atoms with van der Waals surface area (Å²) in [5, 5.41) is 2.89. The molecule has 0 saturated carbocycles. The predicted octanol–water partition coefficient (Wildman–Crippen LogP) is 1.48. The monoisotopic (exact) mass is 110 g/mol. The Bertz CT molecular complexity index is 94.6. The van der Waals surface area contributed by atoms with E-state index in [0.29, 0.717) is 0 Å². The van der Waals surface area contributed by atoms with E-state index in [1.54, 1.807) is 0 Å². The summed E-state index contributed by atoms with van der Waals surface area (Å²) >= 11 is 0. The Kier molecular flexibility index (Phi) is 2.10. The molecule has 1 rings (SSSR count). The molecule has 45 valence electrons. The molecule has 1 radical (unpaired) electrons. The molecule has 0 spiro atoms. The molecule has 1 aliphatic carbocycles. The molecule has 1 aliphatic rings. The Balaban J connectivity index is 2.23. The predicted molar refractivity (Wildman–Crippen MR) is 35.3 cm³/mol. The largest absolute Gasteiger partial charge is 0.312 e. The molecule has 1 nitrogen and oxygen atoms in total. The lowest BCUT2D eigenvalue weighted by Gasteiger charge is -1.96. The van der Waals surface area contributed by atoms with E-state index in [-0.39, 0.29) is 0 Å². The maximum Gasteiger partial charge on any atom is 0.0165 e. The lowest BCUT2D eigenvalue weighted by molar-refractivity contribution is 0.848. The number of hydrogen-bond acceptors (Lipinski definition) is 1. The maximum absolute atomic E-state index is 3.56. The van der Waals surface area contributed by atoms with Gasteiger partial charge in [-0.2, -0.15) is 0 Å². The van der Waals surface area contributed by atoms with Gasteiger partial charge in [0.1, 0.15) is 0 Å². The fraction of sp³-hybridized carbons (Fsp3) is 0.571. The summed E-state index contributed by atoms with van der Waals surface area (Å²) in [6.45, 7) is 0.986. The van der Waals surface area contributed by atoms with Gasteiger partial charge in [-0.25, -0.2) is 0 Å². The molecule has 0 aromatic rings. The molecule has 0 fully saturated rings. The Morgan fingerprint density at radius 3 is 3.12 bits per heavy atom. The second-order valence-electron chi connectivity index (χ2n) is 2.18. The van der Waals surface area contributed by atoms with Crippen molar-refractivity contribution < 1.29 is 0 Å². The van der Waals surface area contributed by atoms with Gasteiger partial charge in [-0.05, 0) is 19.3 Å². The number of allylic oxidation sites excluding steroid dienone is 1. The summed E-state index contributed by atoms with van der Waals surface area (Å²) in [5.41, 5.74) is 1.53. The highest BCUT2D eigenvalue weighted by Gasteiger charge is 2.00. The Morgan fingerprint density at radius 1 is 1.75 bits per heavy atom. The molecule has 0 aromatic carbocycles. The van der Waals surface area contributed by atoms with Crippen LogP contribution in [-0.4, -0.2) is 6.54 Å². The van der Waals surface area contributed by atoms with Crippen LogP contribution < -0.4 is 5.32 Å². The van der Waals surface area contributed by atoms with Crippen LogP contribution in [0.3, 0.4) is 0 Å². The van der Waals surface area contributed by atoms with Crippen molar-refractivity contribution in [3.63, 3.8) is 0 Å². The molecular weight excluding hydrogens is 98.1 g/mol. The molecule has 0 aliphatic heterocycles. The van der Waals surface area contributed by atoms with Crippen LogP contribution in [0.2, 0.25) is 0 Å². The minimum absolute atomic E-state index is 0.986. The first-order valence-electron chi connectivity index (χ1n) is 3.11. The number of nitrogens with one attached hydrogen (secondary N) is 1. The molecule has 1 heteroatoms. The van der Waals surface area contributed by atoms with Crippen molar-refractivity contribution in [1.82, 2.24) is 5.32 Å². The van der Waals surface area contributed by atoms with Crippen LogP contribution in [0.1, 0.15) is 19.3 Å². The summed E-state index contributed by atoms with van der Waals surface area (Å²) < 4.78 is 0. The van der Waals surface area contributed by atoms with Gasteiger partial charge < -0.3 is 5.32 Å². The van der Waals surface area contributed by atoms with Gasteiger partial charge >= 0.3 is 0 Å². The standard InChI is InChI=1S/C7H12N/c1-8-6-7-4-2-3-5-7/h4,8H,1-3,5-6H2. The van der Waals surface area contributed by atoms with E-state index in [9.17, 15) is 0 Å². The summed E-state index contributed by atoms with van der Waals surface area (Å²) in [7, 11) is 3.56. The fourth-order valence-corrected chi connectivity index (χ4v) is 1.06. The highest BCUT2D eigenvalue weighted by Crippen LogP contribution is 2.15. The zero-order chi connectivity index (χ0) is 5.82. The van der Waals surface area contributed by atoms with Gasteiger partial charge in [0.2, 0.25) is 0 Å². The second kappa shape index (κ2) is 2.88. The number of rotatable bonds is 2. The van der Waals surface area contributed by atoms with Crippen LogP contribution in [0, 0.1) is 7.05 Å². The third-order valence-corrected chi connectivity index (χ3v) is 1.49. The maximum atomic E-state index is 3.56. The van der Waals surface area contributed by atoms with Crippen molar-refractivity contribution in [2.45, 2.75) is 19.3 Å². The SMILES string of the molecule is [CH2]NCC1=CCCC1. The van der Waals surface area contributed by atoms with Gasteiger partial charge in [-0.3, -0.25) is 0 Å². The molecule has 0 aromatic heterocycles. The molecule has 1 N–H and O–H groups in total. The average molecular weight is 110 g/mol. The second-order valence-corrected chi connectivity index (χ2v) is 2.18. The quantitative estimate of drug-likeness (QED) is 0.531. The van der Waals surface area contributed by atoms with Crippen molar-refractivity contribution >= 4 is 0 Å². The van der Waals surface area contributed by atoms with E-state index in [1.807, 2.05) is 0 Å². The van der Waals surface area contributed by atoms with Gasteiger partial charge in [0.05, 0.1) is 0 Å².